The first kappa shape index (κ1) is 27.2. The van der Waals surface area contributed by atoms with Gasteiger partial charge < -0.3 is 24.1 Å². The van der Waals surface area contributed by atoms with Crippen molar-refractivity contribution in [2.45, 2.75) is 12.1 Å². The summed E-state index contributed by atoms with van der Waals surface area (Å²) in [5, 5.41) is 3.77. The van der Waals surface area contributed by atoms with Crippen LogP contribution < -0.4 is 19.7 Å². The molecular formula is C28H26N4O6S2. The zero-order valence-electron chi connectivity index (χ0n) is 21.8. The third-order valence-electron chi connectivity index (χ3n) is 6.36. The van der Waals surface area contributed by atoms with Crippen molar-refractivity contribution in [3.8, 4) is 17.1 Å². The normalized spacial score (nSPS) is 16.9. The standard InChI is InChI=1S/C28H26N4O6S2/c1-36-23-12-11-19(16-21(23)31-40(3,34)35)32-26(25(30-28(32)39)20-6-4-5-15-29-20)24-14-13-22(38-24)17-7-9-18(10-8-17)27(33)37-2/h4-16,25-26,31H,1-3H3,(H,30,39)/t25-,26+/m0/s1. The fourth-order valence-electron chi connectivity index (χ4n) is 4.60. The Morgan fingerprint density at radius 2 is 1.85 bits per heavy atom. The number of rotatable bonds is 8. The Hall–Kier alpha value is -4.42. The molecule has 10 nitrogen and oxygen atoms in total. The predicted octanol–water partition coefficient (Wildman–Crippen LogP) is 4.69. The zero-order valence-corrected chi connectivity index (χ0v) is 23.5. The number of nitrogens with one attached hydrogen (secondary N) is 2. The number of methoxy groups -OCH3 is 2. The molecule has 40 heavy (non-hydrogen) atoms. The van der Waals surface area contributed by atoms with Crippen molar-refractivity contribution in [3.63, 3.8) is 0 Å². The van der Waals surface area contributed by atoms with Crippen LogP contribution in [0.1, 0.15) is 33.9 Å². The number of furan rings is 1. The van der Waals surface area contributed by atoms with Crippen molar-refractivity contribution in [2.75, 3.05) is 30.1 Å². The highest BCUT2D eigenvalue weighted by molar-refractivity contribution is 7.92. The molecule has 12 heteroatoms. The summed E-state index contributed by atoms with van der Waals surface area (Å²) in [6, 6.07) is 20.5. The van der Waals surface area contributed by atoms with E-state index < -0.39 is 22.0 Å². The summed E-state index contributed by atoms with van der Waals surface area (Å²) in [5.41, 5.74) is 2.85. The summed E-state index contributed by atoms with van der Waals surface area (Å²) in [7, 11) is -0.775. The van der Waals surface area contributed by atoms with Crippen LogP contribution in [0.15, 0.2) is 83.4 Å². The van der Waals surface area contributed by atoms with E-state index in [1.165, 1.54) is 14.2 Å². The van der Waals surface area contributed by atoms with Gasteiger partial charge in [-0.25, -0.2) is 13.2 Å². The molecule has 0 spiro atoms. The number of hydrogen-bond acceptors (Lipinski definition) is 8. The molecule has 0 radical (unpaired) electrons. The van der Waals surface area contributed by atoms with Crippen LogP contribution in [0.5, 0.6) is 5.75 Å². The molecule has 206 valence electrons. The number of pyridine rings is 1. The lowest BCUT2D eigenvalue weighted by Crippen LogP contribution is -2.29. The van der Waals surface area contributed by atoms with E-state index in [9.17, 15) is 13.2 Å². The van der Waals surface area contributed by atoms with Gasteiger partial charge in [-0.3, -0.25) is 9.71 Å². The summed E-state index contributed by atoms with van der Waals surface area (Å²) in [4.78, 5) is 18.2. The van der Waals surface area contributed by atoms with Crippen LogP contribution in [0.4, 0.5) is 11.4 Å². The van der Waals surface area contributed by atoms with Crippen LogP contribution in [0.25, 0.3) is 11.3 Å². The number of benzene rings is 2. The molecule has 3 heterocycles. The van der Waals surface area contributed by atoms with Gasteiger partial charge >= 0.3 is 5.97 Å². The molecule has 0 unspecified atom stereocenters. The molecule has 2 aromatic heterocycles. The van der Waals surface area contributed by atoms with Gasteiger partial charge in [-0.15, -0.1) is 0 Å². The second-order valence-corrected chi connectivity index (χ2v) is 11.2. The van der Waals surface area contributed by atoms with E-state index in [2.05, 4.69) is 15.0 Å². The minimum absolute atomic E-state index is 0.274. The highest BCUT2D eigenvalue weighted by atomic mass is 32.2. The molecule has 1 fully saturated rings. The van der Waals surface area contributed by atoms with Crippen LogP contribution in [-0.4, -0.2) is 45.0 Å². The van der Waals surface area contributed by atoms with Crippen molar-refractivity contribution in [1.29, 1.82) is 0 Å². The first-order valence-corrected chi connectivity index (χ1v) is 14.4. The number of anilines is 2. The summed E-state index contributed by atoms with van der Waals surface area (Å²) in [6.45, 7) is 0. The summed E-state index contributed by atoms with van der Waals surface area (Å²) in [5.74, 6) is 1.14. The van der Waals surface area contributed by atoms with Crippen molar-refractivity contribution in [1.82, 2.24) is 10.3 Å². The smallest absolute Gasteiger partial charge is 0.337 e. The van der Waals surface area contributed by atoms with Gasteiger partial charge in [0.15, 0.2) is 5.11 Å². The van der Waals surface area contributed by atoms with Gasteiger partial charge in [0.25, 0.3) is 0 Å². The maximum Gasteiger partial charge on any atom is 0.337 e. The Labute approximate surface area is 237 Å². The number of nitrogens with zero attached hydrogens (tertiary/aromatic N) is 2. The molecule has 1 aliphatic heterocycles. The van der Waals surface area contributed by atoms with Crippen molar-refractivity contribution in [2.24, 2.45) is 0 Å². The van der Waals surface area contributed by atoms with Gasteiger partial charge in [-0.1, -0.05) is 18.2 Å². The molecule has 2 atom stereocenters. The minimum Gasteiger partial charge on any atom is -0.495 e. The fourth-order valence-corrected chi connectivity index (χ4v) is 5.51. The second-order valence-electron chi connectivity index (χ2n) is 9.03. The molecule has 1 saturated heterocycles. The monoisotopic (exact) mass is 578 g/mol. The summed E-state index contributed by atoms with van der Waals surface area (Å²) >= 11 is 5.77. The maximum absolute atomic E-state index is 12.0. The third kappa shape index (κ3) is 5.49. The maximum atomic E-state index is 12.0. The quantitative estimate of drug-likeness (QED) is 0.225. The lowest BCUT2D eigenvalue weighted by atomic mass is 10.0. The number of carbonyl (C=O) groups is 1. The molecule has 0 amide bonds. The minimum atomic E-state index is -3.58. The topological polar surface area (TPSA) is 123 Å². The molecule has 2 N–H and O–H groups in total. The Balaban J connectivity index is 1.57. The largest absolute Gasteiger partial charge is 0.495 e. The molecule has 5 rings (SSSR count). The average Bonchev–Trinajstić information content (AvgIpc) is 3.57. The van der Waals surface area contributed by atoms with Crippen molar-refractivity contribution < 1.29 is 27.1 Å². The van der Waals surface area contributed by atoms with Crippen molar-refractivity contribution in [3.05, 3.63) is 96.0 Å². The molecular weight excluding hydrogens is 552 g/mol. The number of esters is 1. The van der Waals surface area contributed by atoms with Gasteiger partial charge in [-0.2, -0.15) is 0 Å². The summed E-state index contributed by atoms with van der Waals surface area (Å²) < 4.78 is 43.1. The van der Waals surface area contributed by atoms with E-state index in [4.69, 9.17) is 26.1 Å². The molecule has 0 aliphatic carbocycles. The number of aromatic nitrogens is 1. The average molecular weight is 579 g/mol. The molecule has 4 aromatic rings. The fraction of sp³-hybridized carbons (Fsp3) is 0.179. The van der Waals surface area contributed by atoms with Crippen LogP contribution >= 0.6 is 12.2 Å². The van der Waals surface area contributed by atoms with E-state index in [1.807, 2.05) is 35.2 Å². The number of ether oxygens (including phenoxy) is 2. The highest BCUT2D eigenvalue weighted by Gasteiger charge is 2.42. The lowest BCUT2D eigenvalue weighted by Gasteiger charge is -2.27. The second kappa shape index (κ2) is 11.0. The van der Waals surface area contributed by atoms with Crippen LogP contribution in [0.3, 0.4) is 0 Å². The summed E-state index contributed by atoms with van der Waals surface area (Å²) in [6.07, 6.45) is 2.78. The van der Waals surface area contributed by atoms with Gasteiger partial charge in [0.2, 0.25) is 10.0 Å². The number of hydrogen-bond donors (Lipinski definition) is 2. The number of thiocarbonyl (C=S) groups is 1. The van der Waals surface area contributed by atoms with Crippen LogP contribution in [-0.2, 0) is 14.8 Å². The van der Waals surface area contributed by atoms with E-state index in [1.54, 1.807) is 48.7 Å². The Morgan fingerprint density at radius 3 is 2.50 bits per heavy atom. The van der Waals surface area contributed by atoms with E-state index in [0.717, 1.165) is 17.5 Å². The number of carbonyl (C=O) groups excluding carboxylic acids is 1. The van der Waals surface area contributed by atoms with Gasteiger partial charge in [0, 0.05) is 17.4 Å². The molecule has 1 aliphatic rings. The first-order valence-electron chi connectivity index (χ1n) is 12.1. The highest BCUT2D eigenvalue weighted by Crippen LogP contribution is 2.44. The van der Waals surface area contributed by atoms with E-state index in [0.29, 0.717) is 33.6 Å². The first-order chi connectivity index (χ1) is 19.2. The number of sulfonamides is 1. The van der Waals surface area contributed by atoms with E-state index in [-0.39, 0.29) is 11.7 Å². The van der Waals surface area contributed by atoms with Gasteiger partial charge in [0.05, 0.1) is 43.5 Å². The van der Waals surface area contributed by atoms with Crippen LogP contribution in [0.2, 0.25) is 0 Å². The van der Waals surface area contributed by atoms with Crippen LogP contribution in [0, 0.1) is 0 Å². The Kier molecular flexibility index (Phi) is 7.46. The van der Waals surface area contributed by atoms with Gasteiger partial charge in [0.1, 0.15) is 23.3 Å². The Bertz CT molecular complexity index is 1660. The third-order valence-corrected chi connectivity index (χ3v) is 7.27. The Morgan fingerprint density at radius 1 is 1.07 bits per heavy atom. The zero-order chi connectivity index (χ0) is 28.4. The molecule has 0 bridgehead atoms. The lowest BCUT2D eigenvalue weighted by molar-refractivity contribution is 0.0600. The molecule has 2 aromatic carbocycles. The van der Waals surface area contributed by atoms with E-state index >= 15 is 0 Å². The molecule has 0 saturated carbocycles. The van der Waals surface area contributed by atoms with Gasteiger partial charge in [-0.05, 0) is 66.8 Å². The van der Waals surface area contributed by atoms with Crippen molar-refractivity contribution >= 4 is 44.7 Å². The predicted molar refractivity (Wildman–Crippen MR) is 155 cm³/mol. The SMILES string of the molecule is COC(=O)c1ccc(-c2ccc([C@@H]3[C@H](c4ccccn4)NC(=S)N3c3ccc(OC)c(NS(C)(=O)=O)c3)o2)cc1.